The van der Waals surface area contributed by atoms with Crippen LogP contribution in [0.25, 0.3) is 6.08 Å². The molecule has 36 heavy (non-hydrogen) atoms. The number of piperazine rings is 1. The highest BCUT2D eigenvalue weighted by Crippen LogP contribution is 2.32. The summed E-state index contributed by atoms with van der Waals surface area (Å²) < 4.78 is 10.6. The molecule has 1 saturated heterocycles. The quantitative estimate of drug-likeness (QED) is 0.459. The minimum absolute atomic E-state index is 0.0170. The number of rotatable bonds is 7. The second kappa shape index (κ2) is 11.6. The lowest BCUT2D eigenvalue weighted by molar-refractivity contribution is -0.126. The highest BCUT2D eigenvalue weighted by Gasteiger charge is 2.22. The van der Waals surface area contributed by atoms with E-state index in [0.717, 1.165) is 11.3 Å². The van der Waals surface area contributed by atoms with Crippen LogP contribution in [-0.4, -0.2) is 57.1 Å². The number of carbonyl (C=O) groups is 2. The Morgan fingerprint density at radius 2 is 1.61 bits per heavy atom. The first-order chi connectivity index (χ1) is 17.5. The van der Waals surface area contributed by atoms with Crippen molar-refractivity contribution in [2.75, 3.05) is 50.6 Å². The molecule has 1 fully saturated rings. The molecular weight excluding hydrogens is 478 g/mol. The van der Waals surface area contributed by atoms with E-state index in [1.54, 1.807) is 43.5 Å². The summed E-state index contributed by atoms with van der Waals surface area (Å²) in [5, 5.41) is 3.49. The lowest BCUT2D eigenvalue weighted by Gasteiger charge is -2.36. The van der Waals surface area contributed by atoms with E-state index < -0.39 is 0 Å². The monoisotopic (exact) mass is 505 g/mol. The minimum atomic E-state index is -0.292. The maximum Gasteiger partial charge on any atom is 0.255 e. The van der Waals surface area contributed by atoms with Gasteiger partial charge < -0.3 is 24.6 Å². The van der Waals surface area contributed by atoms with Gasteiger partial charge >= 0.3 is 0 Å². The van der Waals surface area contributed by atoms with Gasteiger partial charge in [0.05, 0.1) is 25.6 Å². The SMILES string of the molecule is COc1ccc(C(=O)Nc2cc(Cl)ccc2N2CCN(C(=O)/C=C/c3ccccc3)CC2)cc1OC. The predicted octanol–water partition coefficient (Wildman–Crippen LogP) is 4.97. The summed E-state index contributed by atoms with van der Waals surface area (Å²) >= 11 is 6.26. The second-order valence-corrected chi connectivity index (χ2v) is 8.68. The Morgan fingerprint density at radius 3 is 2.31 bits per heavy atom. The molecule has 0 aromatic heterocycles. The largest absolute Gasteiger partial charge is 0.493 e. The van der Waals surface area contributed by atoms with Crippen LogP contribution in [0.3, 0.4) is 0 Å². The fraction of sp³-hybridized carbons (Fsp3) is 0.214. The van der Waals surface area contributed by atoms with Crippen molar-refractivity contribution in [2.45, 2.75) is 0 Å². The first kappa shape index (κ1) is 25.1. The number of hydrogen-bond acceptors (Lipinski definition) is 5. The van der Waals surface area contributed by atoms with Gasteiger partial charge in [0.1, 0.15) is 0 Å². The van der Waals surface area contributed by atoms with Gasteiger partial charge in [0.25, 0.3) is 5.91 Å². The zero-order chi connectivity index (χ0) is 25.5. The van der Waals surface area contributed by atoms with E-state index in [0.29, 0.717) is 54.0 Å². The summed E-state index contributed by atoms with van der Waals surface area (Å²) in [5.74, 6) is 0.706. The van der Waals surface area contributed by atoms with Crippen LogP contribution < -0.4 is 19.7 Å². The van der Waals surface area contributed by atoms with Crippen LogP contribution in [0.15, 0.2) is 72.8 Å². The molecule has 0 unspecified atom stereocenters. The summed E-state index contributed by atoms with van der Waals surface area (Å²) in [6, 6.07) is 20.2. The molecule has 1 heterocycles. The van der Waals surface area contributed by atoms with E-state index in [1.807, 2.05) is 47.4 Å². The molecule has 3 aromatic rings. The molecular formula is C28H28ClN3O4. The van der Waals surface area contributed by atoms with Gasteiger partial charge in [-0.05, 0) is 48.0 Å². The van der Waals surface area contributed by atoms with Gasteiger partial charge in [0.15, 0.2) is 11.5 Å². The summed E-state index contributed by atoms with van der Waals surface area (Å²) in [7, 11) is 3.07. The molecule has 0 aliphatic carbocycles. The molecule has 0 atom stereocenters. The predicted molar refractivity (Wildman–Crippen MR) is 143 cm³/mol. The van der Waals surface area contributed by atoms with E-state index in [2.05, 4.69) is 10.2 Å². The van der Waals surface area contributed by atoms with E-state index in [9.17, 15) is 9.59 Å². The summed E-state index contributed by atoms with van der Waals surface area (Å²) in [6.45, 7) is 2.41. The number of hydrogen-bond donors (Lipinski definition) is 1. The zero-order valence-electron chi connectivity index (χ0n) is 20.2. The molecule has 4 rings (SSSR count). The smallest absolute Gasteiger partial charge is 0.255 e. The van der Waals surface area contributed by atoms with Gasteiger partial charge in [-0.3, -0.25) is 9.59 Å². The minimum Gasteiger partial charge on any atom is -0.493 e. The third-order valence-corrected chi connectivity index (χ3v) is 6.24. The number of nitrogens with one attached hydrogen (secondary N) is 1. The zero-order valence-corrected chi connectivity index (χ0v) is 21.0. The Hall–Kier alpha value is -3.97. The average molecular weight is 506 g/mol. The van der Waals surface area contributed by atoms with Crippen molar-refractivity contribution in [3.63, 3.8) is 0 Å². The van der Waals surface area contributed by atoms with Crippen molar-refractivity contribution < 1.29 is 19.1 Å². The first-order valence-electron chi connectivity index (χ1n) is 11.6. The Balaban J connectivity index is 1.44. The van der Waals surface area contributed by atoms with Crippen molar-refractivity contribution in [1.29, 1.82) is 0 Å². The number of nitrogens with zero attached hydrogens (tertiary/aromatic N) is 2. The molecule has 186 valence electrons. The van der Waals surface area contributed by atoms with Crippen molar-refractivity contribution in [1.82, 2.24) is 4.90 Å². The topological polar surface area (TPSA) is 71.1 Å². The van der Waals surface area contributed by atoms with Crippen LogP contribution in [0.1, 0.15) is 15.9 Å². The lowest BCUT2D eigenvalue weighted by Crippen LogP contribution is -2.48. The highest BCUT2D eigenvalue weighted by molar-refractivity contribution is 6.31. The molecule has 0 radical (unpaired) electrons. The van der Waals surface area contributed by atoms with Crippen molar-refractivity contribution in [3.8, 4) is 11.5 Å². The van der Waals surface area contributed by atoms with E-state index in [1.165, 1.54) is 7.11 Å². The summed E-state index contributed by atoms with van der Waals surface area (Å²) in [5.41, 5.74) is 2.87. The van der Waals surface area contributed by atoms with Gasteiger partial charge in [-0.25, -0.2) is 0 Å². The van der Waals surface area contributed by atoms with Gasteiger partial charge in [0, 0.05) is 42.8 Å². The molecule has 0 saturated carbocycles. The Morgan fingerprint density at radius 1 is 0.889 bits per heavy atom. The van der Waals surface area contributed by atoms with Crippen molar-refractivity contribution in [2.24, 2.45) is 0 Å². The van der Waals surface area contributed by atoms with Gasteiger partial charge in [0.2, 0.25) is 5.91 Å². The molecule has 0 bridgehead atoms. The van der Waals surface area contributed by atoms with Crippen LogP contribution >= 0.6 is 11.6 Å². The fourth-order valence-electron chi connectivity index (χ4n) is 4.06. The van der Waals surface area contributed by atoms with E-state index in [-0.39, 0.29) is 11.8 Å². The molecule has 8 heteroatoms. The van der Waals surface area contributed by atoms with E-state index in [4.69, 9.17) is 21.1 Å². The van der Waals surface area contributed by atoms with Crippen molar-refractivity contribution in [3.05, 3.63) is 89.0 Å². The van der Waals surface area contributed by atoms with Crippen molar-refractivity contribution >= 4 is 40.9 Å². The molecule has 7 nitrogen and oxygen atoms in total. The van der Waals surface area contributed by atoms with Crippen LogP contribution in [0.5, 0.6) is 11.5 Å². The fourth-order valence-corrected chi connectivity index (χ4v) is 4.23. The number of benzene rings is 3. The third-order valence-electron chi connectivity index (χ3n) is 6.00. The van der Waals surface area contributed by atoms with Crippen LogP contribution in [0.2, 0.25) is 5.02 Å². The Labute approximate surface area is 215 Å². The number of ether oxygens (including phenoxy) is 2. The van der Waals surface area contributed by atoms with Crippen LogP contribution in [-0.2, 0) is 4.79 Å². The normalized spacial score (nSPS) is 13.5. The Bertz CT molecular complexity index is 1250. The number of anilines is 2. The number of methoxy groups -OCH3 is 2. The highest BCUT2D eigenvalue weighted by atomic mass is 35.5. The lowest BCUT2D eigenvalue weighted by atomic mass is 10.1. The van der Waals surface area contributed by atoms with Crippen LogP contribution in [0, 0.1) is 0 Å². The summed E-state index contributed by atoms with van der Waals surface area (Å²) in [6.07, 6.45) is 3.44. The molecule has 0 spiro atoms. The molecule has 1 aliphatic rings. The molecule has 1 aliphatic heterocycles. The third kappa shape index (κ3) is 5.98. The number of carbonyl (C=O) groups excluding carboxylic acids is 2. The number of halogens is 1. The molecule has 2 amide bonds. The molecule has 3 aromatic carbocycles. The van der Waals surface area contributed by atoms with Gasteiger partial charge in [-0.1, -0.05) is 41.9 Å². The Kier molecular flexibility index (Phi) is 8.13. The van der Waals surface area contributed by atoms with Gasteiger partial charge in [-0.15, -0.1) is 0 Å². The maximum absolute atomic E-state index is 13.0. The second-order valence-electron chi connectivity index (χ2n) is 8.24. The average Bonchev–Trinajstić information content (AvgIpc) is 2.92. The van der Waals surface area contributed by atoms with Crippen LogP contribution in [0.4, 0.5) is 11.4 Å². The first-order valence-corrected chi connectivity index (χ1v) is 12.0. The standard InChI is InChI=1S/C28H28ClN3O4/c1-35-25-12-9-21(18-26(25)36-2)28(34)30-23-19-22(29)10-11-24(23)31-14-16-32(17-15-31)27(33)13-8-20-6-4-3-5-7-20/h3-13,18-19H,14-17H2,1-2H3,(H,30,34)/b13-8+. The summed E-state index contributed by atoms with van der Waals surface area (Å²) in [4.78, 5) is 29.7. The number of amides is 2. The molecule has 1 N–H and O–H groups in total. The van der Waals surface area contributed by atoms with Gasteiger partial charge in [-0.2, -0.15) is 0 Å². The van der Waals surface area contributed by atoms with E-state index >= 15 is 0 Å². The maximum atomic E-state index is 13.0.